The Bertz CT molecular complexity index is 626. The van der Waals surface area contributed by atoms with Crippen molar-refractivity contribution in [3.8, 4) is 0 Å². The Morgan fingerprint density at radius 2 is 2.21 bits per heavy atom. The highest BCUT2D eigenvalue weighted by molar-refractivity contribution is 7.09. The van der Waals surface area contributed by atoms with Crippen LogP contribution in [-0.2, 0) is 4.74 Å². The number of amides is 2. The molecule has 3 aliphatic rings. The van der Waals surface area contributed by atoms with Crippen molar-refractivity contribution in [2.75, 3.05) is 6.61 Å². The zero-order valence-electron chi connectivity index (χ0n) is 14.7. The fourth-order valence-electron chi connectivity index (χ4n) is 4.29. The van der Waals surface area contributed by atoms with Gasteiger partial charge in [-0.25, -0.2) is 9.78 Å². The molecule has 1 saturated heterocycles. The number of ether oxygens (including phenoxy) is 1. The summed E-state index contributed by atoms with van der Waals surface area (Å²) in [6.07, 6.45) is 5.04. The molecule has 132 valence electrons. The lowest BCUT2D eigenvalue weighted by molar-refractivity contribution is -0.189. The highest BCUT2D eigenvalue weighted by Gasteiger charge is 2.58. The minimum absolute atomic E-state index is 0.00540. The van der Waals surface area contributed by atoms with Gasteiger partial charge in [-0.1, -0.05) is 13.8 Å². The van der Waals surface area contributed by atoms with E-state index < -0.39 is 0 Å². The van der Waals surface area contributed by atoms with E-state index in [9.17, 15) is 4.79 Å². The zero-order valence-corrected chi connectivity index (χ0v) is 15.5. The monoisotopic (exact) mass is 349 g/mol. The fraction of sp³-hybridized carbons (Fsp3) is 0.778. The van der Waals surface area contributed by atoms with Gasteiger partial charge in [0.15, 0.2) is 0 Å². The molecule has 0 aromatic carbocycles. The van der Waals surface area contributed by atoms with Crippen LogP contribution in [0.25, 0.3) is 0 Å². The highest BCUT2D eigenvalue weighted by atomic mass is 32.1. The molecule has 2 aliphatic carbocycles. The third-order valence-electron chi connectivity index (χ3n) is 5.88. The first-order valence-electron chi connectivity index (χ1n) is 9.11. The Morgan fingerprint density at radius 1 is 1.42 bits per heavy atom. The summed E-state index contributed by atoms with van der Waals surface area (Å²) in [4.78, 5) is 17.1. The third-order valence-corrected chi connectivity index (χ3v) is 6.90. The van der Waals surface area contributed by atoms with E-state index in [-0.39, 0.29) is 29.6 Å². The van der Waals surface area contributed by atoms with E-state index in [1.165, 1.54) is 17.8 Å². The van der Waals surface area contributed by atoms with E-state index in [4.69, 9.17) is 4.74 Å². The lowest BCUT2D eigenvalue weighted by atomic mass is 9.55. The second-order valence-electron chi connectivity index (χ2n) is 8.12. The predicted molar refractivity (Wildman–Crippen MR) is 94.2 cm³/mol. The van der Waals surface area contributed by atoms with Crippen LogP contribution in [0.5, 0.6) is 0 Å². The fourth-order valence-corrected chi connectivity index (χ4v) is 5.37. The van der Waals surface area contributed by atoms with E-state index >= 15 is 0 Å². The van der Waals surface area contributed by atoms with E-state index in [1.54, 1.807) is 11.3 Å². The second-order valence-corrected chi connectivity index (χ2v) is 9.01. The van der Waals surface area contributed by atoms with E-state index in [0.29, 0.717) is 11.8 Å². The zero-order chi connectivity index (χ0) is 16.9. The van der Waals surface area contributed by atoms with Gasteiger partial charge in [0.05, 0.1) is 22.8 Å². The molecular weight excluding hydrogens is 322 g/mol. The van der Waals surface area contributed by atoms with Gasteiger partial charge in [0, 0.05) is 35.3 Å². The molecule has 6 heteroatoms. The first-order valence-corrected chi connectivity index (χ1v) is 9.98. The molecule has 2 saturated carbocycles. The normalized spacial score (nSPS) is 32.4. The first-order chi connectivity index (χ1) is 11.5. The van der Waals surface area contributed by atoms with Crippen LogP contribution in [0.1, 0.15) is 69.1 Å². The molecular formula is C18H27N3O2S. The molecule has 0 bridgehead atoms. The van der Waals surface area contributed by atoms with Crippen LogP contribution in [0.2, 0.25) is 0 Å². The molecule has 2 heterocycles. The maximum Gasteiger partial charge on any atom is 0.315 e. The minimum Gasteiger partial charge on any atom is -0.377 e. The van der Waals surface area contributed by atoms with Crippen LogP contribution in [0.15, 0.2) is 5.38 Å². The first kappa shape index (κ1) is 16.3. The van der Waals surface area contributed by atoms with Gasteiger partial charge in [0.25, 0.3) is 0 Å². The largest absolute Gasteiger partial charge is 0.377 e. The van der Waals surface area contributed by atoms with Crippen molar-refractivity contribution in [3.63, 3.8) is 0 Å². The van der Waals surface area contributed by atoms with Gasteiger partial charge in [0.2, 0.25) is 0 Å². The van der Waals surface area contributed by atoms with E-state index in [1.807, 2.05) is 6.92 Å². The van der Waals surface area contributed by atoms with Crippen molar-refractivity contribution < 1.29 is 9.53 Å². The molecule has 0 unspecified atom stereocenters. The molecule has 2 amide bonds. The lowest BCUT2D eigenvalue weighted by Crippen LogP contribution is -2.70. The van der Waals surface area contributed by atoms with Crippen molar-refractivity contribution in [1.29, 1.82) is 0 Å². The highest BCUT2D eigenvalue weighted by Crippen LogP contribution is 2.51. The Balaban J connectivity index is 1.34. The molecule has 24 heavy (non-hydrogen) atoms. The van der Waals surface area contributed by atoms with Crippen molar-refractivity contribution in [2.24, 2.45) is 11.3 Å². The molecule has 0 spiro atoms. The molecule has 3 fully saturated rings. The van der Waals surface area contributed by atoms with Crippen molar-refractivity contribution >= 4 is 17.4 Å². The third kappa shape index (κ3) is 2.84. The molecule has 1 aromatic rings. The van der Waals surface area contributed by atoms with Crippen molar-refractivity contribution in [1.82, 2.24) is 15.6 Å². The number of fused-ring (bicyclic) bond motifs is 1. The summed E-state index contributed by atoms with van der Waals surface area (Å²) < 4.78 is 5.91. The van der Waals surface area contributed by atoms with Crippen molar-refractivity contribution in [3.05, 3.63) is 16.1 Å². The maximum absolute atomic E-state index is 12.5. The number of rotatable bonds is 4. The molecule has 5 nitrogen and oxygen atoms in total. The number of urea groups is 1. The van der Waals surface area contributed by atoms with E-state index in [0.717, 1.165) is 25.1 Å². The van der Waals surface area contributed by atoms with Gasteiger partial charge in [-0.3, -0.25) is 0 Å². The molecule has 0 radical (unpaired) electrons. The summed E-state index contributed by atoms with van der Waals surface area (Å²) in [6, 6.07) is 0.0355. The Labute approximate surface area is 147 Å². The maximum atomic E-state index is 12.5. The van der Waals surface area contributed by atoms with Crippen LogP contribution in [0.3, 0.4) is 0 Å². The number of carbonyl (C=O) groups excluding carboxylic acids is 1. The van der Waals surface area contributed by atoms with Gasteiger partial charge >= 0.3 is 6.03 Å². The van der Waals surface area contributed by atoms with Gasteiger partial charge in [0.1, 0.15) is 0 Å². The minimum atomic E-state index is -0.0921. The van der Waals surface area contributed by atoms with Crippen LogP contribution in [-0.4, -0.2) is 29.8 Å². The molecule has 1 aliphatic heterocycles. The summed E-state index contributed by atoms with van der Waals surface area (Å²) in [7, 11) is 0. The quantitative estimate of drug-likeness (QED) is 0.873. The van der Waals surface area contributed by atoms with Crippen molar-refractivity contribution in [2.45, 2.75) is 70.6 Å². The number of nitrogens with one attached hydrogen (secondary N) is 2. The number of hydrogen-bond acceptors (Lipinski definition) is 4. The topological polar surface area (TPSA) is 63.2 Å². The van der Waals surface area contributed by atoms with Gasteiger partial charge in [-0.05, 0) is 32.6 Å². The number of carbonyl (C=O) groups is 1. The molecule has 4 atom stereocenters. The molecule has 2 N–H and O–H groups in total. The van der Waals surface area contributed by atoms with Crippen LogP contribution in [0.4, 0.5) is 4.79 Å². The standard InChI is InChI=1S/C18H27N3O2S/c1-10(13-9-24-16(20-13)11-6-7-11)19-17(22)21-14-12-5-4-8-23-15(12)18(14,2)3/h9-12,14-15H,4-8H2,1-3H3,(H2,19,21,22)/t10-,12-,14+,15-/m0/s1. The van der Waals surface area contributed by atoms with Crippen LogP contribution < -0.4 is 10.6 Å². The SMILES string of the molecule is C[C@H](NC(=O)N[C@@H]1[C@@H]2CCCO[C@@H]2C1(C)C)c1csc(C2CC2)n1. The van der Waals surface area contributed by atoms with Gasteiger partial charge < -0.3 is 15.4 Å². The average Bonchev–Trinajstić information content (AvgIpc) is 3.29. The summed E-state index contributed by atoms with van der Waals surface area (Å²) in [6.45, 7) is 7.24. The van der Waals surface area contributed by atoms with Gasteiger partial charge in [-0.15, -0.1) is 11.3 Å². The summed E-state index contributed by atoms with van der Waals surface area (Å²) in [5.41, 5.74) is 0.981. The van der Waals surface area contributed by atoms with Crippen LogP contribution in [0, 0.1) is 11.3 Å². The Hall–Kier alpha value is -1.14. The Morgan fingerprint density at radius 3 is 2.96 bits per heavy atom. The molecule has 1 aromatic heterocycles. The number of hydrogen-bond donors (Lipinski definition) is 2. The molecule has 4 rings (SSSR count). The second kappa shape index (κ2) is 5.99. The number of nitrogens with zero attached hydrogens (tertiary/aromatic N) is 1. The Kier molecular flexibility index (Phi) is 4.07. The number of thiazole rings is 1. The lowest BCUT2D eigenvalue weighted by Gasteiger charge is -2.59. The summed E-state index contributed by atoms with van der Waals surface area (Å²) >= 11 is 1.72. The summed E-state index contributed by atoms with van der Waals surface area (Å²) in [5, 5.41) is 9.55. The van der Waals surface area contributed by atoms with Gasteiger partial charge in [-0.2, -0.15) is 0 Å². The van der Waals surface area contributed by atoms with Crippen LogP contribution >= 0.6 is 11.3 Å². The number of aromatic nitrogens is 1. The van der Waals surface area contributed by atoms with E-state index in [2.05, 4.69) is 34.8 Å². The average molecular weight is 350 g/mol. The predicted octanol–water partition coefficient (Wildman–Crippen LogP) is 3.58. The summed E-state index contributed by atoms with van der Waals surface area (Å²) in [5.74, 6) is 1.12. The smallest absolute Gasteiger partial charge is 0.315 e.